The lowest BCUT2D eigenvalue weighted by atomic mass is 10.0. The lowest BCUT2D eigenvalue weighted by Gasteiger charge is -2.41. The first-order valence-electron chi connectivity index (χ1n) is 12.5. The van der Waals surface area contributed by atoms with E-state index >= 15 is 0 Å². The average Bonchev–Trinajstić information content (AvgIpc) is 3.54. The fourth-order valence-electron chi connectivity index (χ4n) is 5.38. The molecule has 1 aromatic heterocycles. The van der Waals surface area contributed by atoms with Crippen molar-refractivity contribution >= 4 is 9.84 Å². The summed E-state index contributed by atoms with van der Waals surface area (Å²) in [4.78, 5) is 5.30. The molecule has 9 heteroatoms. The largest absolute Gasteiger partial charge is 0.298 e. The zero-order chi connectivity index (χ0) is 24.4. The van der Waals surface area contributed by atoms with Crippen molar-refractivity contribution in [2.45, 2.75) is 62.4 Å². The molecule has 1 atom stereocenters. The first kappa shape index (κ1) is 24.1. The highest BCUT2D eigenvalue weighted by Crippen LogP contribution is 2.31. The van der Waals surface area contributed by atoms with Crippen molar-refractivity contribution in [2.24, 2.45) is 0 Å². The van der Waals surface area contributed by atoms with E-state index in [0.717, 1.165) is 37.3 Å². The summed E-state index contributed by atoms with van der Waals surface area (Å²) < 4.78 is 27.9. The van der Waals surface area contributed by atoms with Crippen LogP contribution in [0, 0.1) is 13.8 Å². The third kappa shape index (κ3) is 5.32. The van der Waals surface area contributed by atoms with Crippen LogP contribution in [0.1, 0.15) is 54.2 Å². The molecule has 2 aliphatic rings. The second-order valence-corrected chi connectivity index (χ2v) is 11.9. The average molecular weight is 495 g/mol. The van der Waals surface area contributed by atoms with E-state index in [1.54, 1.807) is 12.1 Å². The second kappa shape index (κ2) is 10.2. The van der Waals surface area contributed by atoms with Gasteiger partial charge in [-0.05, 0) is 54.8 Å². The Bertz CT molecular complexity index is 1230. The number of piperazine rings is 1. The van der Waals surface area contributed by atoms with Gasteiger partial charge in [0, 0.05) is 32.2 Å². The molecule has 0 spiro atoms. The quantitative estimate of drug-likeness (QED) is 0.498. The number of aromatic nitrogens is 4. The van der Waals surface area contributed by atoms with Crippen LogP contribution in [0.2, 0.25) is 0 Å². The van der Waals surface area contributed by atoms with E-state index in [1.807, 2.05) is 19.1 Å². The summed E-state index contributed by atoms with van der Waals surface area (Å²) in [5.74, 6) is 0.279. The number of tetrazole rings is 1. The number of rotatable bonds is 7. The molecule has 1 saturated heterocycles. The molecule has 5 rings (SSSR count). The number of aryl methyl sites for hydroxylation is 2. The van der Waals surface area contributed by atoms with Gasteiger partial charge in [0.2, 0.25) is 0 Å². The van der Waals surface area contributed by atoms with Crippen LogP contribution in [-0.4, -0.2) is 70.6 Å². The Morgan fingerprint density at radius 1 is 0.886 bits per heavy atom. The van der Waals surface area contributed by atoms with E-state index in [4.69, 9.17) is 0 Å². The van der Waals surface area contributed by atoms with Crippen LogP contribution < -0.4 is 0 Å². The molecular formula is C26H34N6O2S. The highest BCUT2D eigenvalue weighted by Gasteiger charge is 2.34. The Hall–Kier alpha value is -2.62. The van der Waals surface area contributed by atoms with Crippen LogP contribution in [0.4, 0.5) is 0 Å². The van der Waals surface area contributed by atoms with Crippen LogP contribution in [0.15, 0.2) is 53.4 Å². The Morgan fingerprint density at radius 2 is 1.49 bits per heavy atom. The first-order chi connectivity index (χ1) is 16.9. The third-order valence-electron chi connectivity index (χ3n) is 7.42. The fourth-order valence-corrected chi connectivity index (χ4v) is 6.59. The molecule has 0 amide bonds. The molecule has 3 aromatic rings. The van der Waals surface area contributed by atoms with Gasteiger partial charge in [0.1, 0.15) is 0 Å². The van der Waals surface area contributed by atoms with Crippen LogP contribution in [-0.2, 0) is 15.7 Å². The van der Waals surface area contributed by atoms with E-state index in [2.05, 4.69) is 56.5 Å². The molecule has 1 aliphatic heterocycles. The predicted octanol–water partition coefficient (Wildman–Crippen LogP) is 3.37. The van der Waals surface area contributed by atoms with E-state index in [-0.39, 0.29) is 16.8 Å². The highest BCUT2D eigenvalue weighted by atomic mass is 32.2. The molecule has 0 N–H and O–H groups in total. The molecule has 8 nitrogen and oxygen atoms in total. The summed E-state index contributed by atoms with van der Waals surface area (Å²) in [5.41, 5.74) is 3.28. The molecular weight excluding hydrogens is 460 g/mol. The van der Waals surface area contributed by atoms with Crippen molar-refractivity contribution < 1.29 is 8.42 Å². The fraction of sp³-hybridized carbons (Fsp3) is 0.500. The van der Waals surface area contributed by atoms with Crippen LogP contribution in [0.5, 0.6) is 0 Å². The third-order valence-corrected chi connectivity index (χ3v) is 9.00. The minimum absolute atomic E-state index is 0.204. The maximum absolute atomic E-state index is 13.2. The molecule has 2 aromatic carbocycles. The Morgan fingerprint density at radius 3 is 2.11 bits per heavy atom. The minimum atomic E-state index is -3.60. The summed E-state index contributed by atoms with van der Waals surface area (Å²) in [6.45, 7) is 7.82. The van der Waals surface area contributed by atoms with Gasteiger partial charge in [-0.1, -0.05) is 60.4 Å². The van der Waals surface area contributed by atoms with Crippen molar-refractivity contribution in [3.63, 3.8) is 0 Å². The van der Waals surface area contributed by atoms with Gasteiger partial charge in [-0.25, -0.2) is 13.1 Å². The van der Waals surface area contributed by atoms with Crippen LogP contribution in [0.3, 0.4) is 0 Å². The maximum Gasteiger partial charge on any atom is 0.198 e. The maximum atomic E-state index is 13.2. The lowest BCUT2D eigenvalue weighted by Crippen LogP contribution is -2.51. The minimum Gasteiger partial charge on any atom is -0.298 e. The Balaban J connectivity index is 1.43. The van der Waals surface area contributed by atoms with Gasteiger partial charge in [-0.15, -0.1) is 5.10 Å². The lowest BCUT2D eigenvalue weighted by molar-refractivity contribution is 0.0772. The van der Waals surface area contributed by atoms with E-state index in [1.165, 1.54) is 35.9 Å². The molecule has 1 aliphatic carbocycles. The van der Waals surface area contributed by atoms with Gasteiger partial charge in [0.25, 0.3) is 0 Å². The molecule has 1 saturated carbocycles. The normalized spacial score (nSPS) is 19.3. The molecule has 2 fully saturated rings. The smallest absolute Gasteiger partial charge is 0.198 e. The van der Waals surface area contributed by atoms with Crippen LogP contribution >= 0.6 is 0 Å². The highest BCUT2D eigenvalue weighted by molar-refractivity contribution is 7.90. The molecule has 0 unspecified atom stereocenters. The Kier molecular flexibility index (Phi) is 7.00. The zero-order valence-electron chi connectivity index (χ0n) is 20.5. The van der Waals surface area contributed by atoms with Gasteiger partial charge < -0.3 is 0 Å². The van der Waals surface area contributed by atoms with Crippen molar-refractivity contribution in [1.82, 2.24) is 30.0 Å². The summed E-state index contributed by atoms with van der Waals surface area (Å²) in [6, 6.07) is 15.8. The van der Waals surface area contributed by atoms with Crippen molar-refractivity contribution in [3.8, 4) is 0 Å². The topological polar surface area (TPSA) is 84.2 Å². The van der Waals surface area contributed by atoms with Crippen molar-refractivity contribution in [2.75, 3.05) is 26.2 Å². The number of sulfone groups is 1. The number of nitrogens with zero attached hydrogens (tertiary/aromatic N) is 6. The summed E-state index contributed by atoms with van der Waals surface area (Å²) in [6.07, 6.45) is 5.27. The van der Waals surface area contributed by atoms with E-state index in [0.29, 0.717) is 11.9 Å². The SMILES string of the molecule is Cc1ccc([C@@H](c2nnnn2CS(=O)(=O)c2ccc(C)cc2)N2CCN(C3CCCC3)CC2)cc1. The van der Waals surface area contributed by atoms with Crippen LogP contribution in [0.25, 0.3) is 0 Å². The molecule has 0 bridgehead atoms. The van der Waals surface area contributed by atoms with Crippen molar-refractivity contribution in [1.29, 1.82) is 0 Å². The summed E-state index contributed by atoms with van der Waals surface area (Å²) in [7, 11) is -3.60. The van der Waals surface area contributed by atoms with E-state index < -0.39 is 9.84 Å². The zero-order valence-corrected chi connectivity index (χ0v) is 21.4. The standard InChI is InChI=1S/C26H34N6O2S/c1-20-7-11-22(12-8-20)25(31-17-15-30(16-18-31)23-5-3-4-6-23)26-27-28-29-32(26)19-35(33,34)24-13-9-21(2)10-14-24/h7-14,23,25H,3-6,15-19H2,1-2H3/t25-/m0/s1. The predicted molar refractivity (Wildman–Crippen MR) is 135 cm³/mol. The molecule has 0 radical (unpaired) electrons. The molecule has 186 valence electrons. The number of hydrogen-bond donors (Lipinski definition) is 0. The summed E-state index contributed by atoms with van der Waals surface area (Å²) in [5, 5.41) is 12.4. The summed E-state index contributed by atoms with van der Waals surface area (Å²) >= 11 is 0. The van der Waals surface area contributed by atoms with Gasteiger partial charge in [0.15, 0.2) is 21.5 Å². The van der Waals surface area contributed by atoms with Gasteiger partial charge in [-0.2, -0.15) is 0 Å². The Labute approximate surface area is 207 Å². The monoisotopic (exact) mass is 494 g/mol. The number of benzene rings is 2. The molecule has 2 heterocycles. The van der Waals surface area contributed by atoms with Crippen molar-refractivity contribution in [3.05, 3.63) is 71.0 Å². The van der Waals surface area contributed by atoms with Gasteiger partial charge in [0.05, 0.1) is 10.9 Å². The number of hydrogen-bond acceptors (Lipinski definition) is 7. The first-order valence-corrected chi connectivity index (χ1v) is 14.2. The van der Waals surface area contributed by atoms with Gasteiger partial charge >= 0.3 is 0 Å². The van der Waals surface area contributed by atoms with Gasteiger partial charge in [-0.3, -0.25) is 9.80 Å². The molecule has 35 heavy (non-hydrogen) atoms. The van der Waals surface area contributed by atoms with E-state index in [9.17, 15) is 8.42 Å². The second-order valence-electron chi connectivity index (χ2n) is 9.92.